The zero-order valence-corrected chi connectivity index (χ0v) is 9.41. The molecule has 1 fully saturated rings. The molecule has 0 spiro atoms. The van der Waals surface area contributed by atoms with Crippen LogP contribution < -0.4 is 0 Å². The fourth-order valence-electron chi connectivity index (χ4n) is 2.01. The first-order valence-electron chi connectivity index (χ1n) is 5.61. The van der Waals surface area contributed by atoms with Crippen molar-refractivity contribution in [2.24, 2.45) is 5.92 Å². The number of benzene rings is 1. The lowest BCUT2D eigenvalue weighted by Gasteiger charge is -2.24. The molecule has 2 rings (SSSR count). The summed E-state index contributed by atoms with van der Waals surface area (Å²) in [6.45, 7) is 3.10. The molecular weight excluding hydrogens is 189 g/mol. The molecule has 1 aromatic rings. The lowest BCUT2D eigenvalue weighted by Crippen LogP contribution is -2.30. The van der Waals surface area contributed by atoms with Gasteiger partial charge in [-0.15, -0.1) is 0 Å². The van der Waals surface area contributed by atoms with Crippen molar-refractivity contribution in [1.29, 1.82) is 0 Å². The molecule has 0 N–H and O–H groups in total. The predicted octanol–water partition coefficient (Wildman–Crippen LogP) is 3.06. The second-order valence-corrected chi connectivity index (χ2v) is 4.62. The number of hydrogen-bond acceptors (Lipinski definition) is 1. The van der Waals surface area contributed by atoms with E-state index in [1.165, 1.54) is 18.9 Å². The zero-order chi connectivity index (χ0) is 10.8. The summed E-state index contributed by atoms with van der Waals surface area (Å²) in [5, 5.41) is 0. The SMILES string of the molecule is CC(C1CC1)N(C)Cc1cccc(F)c1. The van der Waals surface area contributed by atoms with Crippen LogP contribution in [0.1, 0.15) is 25.3 Å². The fourth-order valence-corrected chi connectivity index (χ4v) is 2.01. The second-order valence-electron chi connectivity index (χ2n) is 4.62. The maximum absolute atomic E-state index is 13.0. The van der Waals surface area contributed by atoms with Gasteiger partial charge in [-0.05, 0) is 50.4 Å². The molecule has 82 valence electrons. The molecule has 15 heavy (non-hydrogen) atoms. The van der Waals surface area contributed by atoms with Gasteiger partial charge in [-0.2, -0.15) is 0 Å². The Morgan fingerprint density at radius 1 is 1.47 bits per heavy atom. The zero-order valence-electron chi connectivity index (χ0n) is 9.41. The highest BCUT2D eigenvalue weighted by molar-refractivity contribution is 5.16. The first kappa shape index (κ1) is 10.6. The van der Waals surface area contributed by atoms with Gasteiger partial charge in [0.05, 0.1) is 0 Å². The van der Waals surface area contributed by atoms with Crippen LogP contribution >= 0.6 is 0 Å². The predicted molar refractivity (Wildman–Crippen MR) is 60.1 cm³/mol. The molecule has 1 nitrogen and oxygen atoms in total. The van der Waals surface area contributed by atoms with E-state index in [1.54, 1.807) is 12.1 Å². The van der Waals surface area contributed by atoms with Crippen molar-refractivity contribution in [1.82, 2.24) is 4.90 Å². The Morgan fingerprint density at radius 3 is 2.80 bits per heavy atom. The topological polar surface area (TPSA) is 3.24 Å². The maximum atomic E-state index is 13.0. The molecule has 0 aromatic heterocycles. The summed E-state index contributed by atoms with van der Waals surface area (Å²) < 4.78 is 13.0. The second kappa shape index (κ2) is 4.31. The summed E-state index contributed by atoms with van der Waals surface area (Å²) >= 11 is 0. The van der Waals surface area contributed by atoms with Gasteiger partial charge in [0.25, 0.3) is 0 Å². The van der Waals surface area contributed by atoms with Crippen LogP contribution in [-0.2, 0) is 6.54 Å². The lowest BCUT2D eigenvalue weighted by molar-refractivity contribution is 0.226. The van der Waals surface area contributed by atoms with Gasteiger partial charge in [0, 0.05) is 12.6 Å². The minimum atomic E-state index is -0.139. The third kappa shape index (κ3) is 2.78. The van der Waals surface area contributed by atoms with Gasteiger partial charge in [-0.3, -0.25) is 4.90 Å². The van der Waals surface area contributed by atoms with Gasteiger partial charge in [0.15, 0.2) is 0 Å². The van der Waals surface area contributed by atoms with Crippen molar-refractivity contribution < 1.29 is 4.39 Å². The van der Waals surface area contributed by atoms with Gasteiger partial charge >= 0.3 is 0 Å². The molecule has 0 bridgehead atoms. The molecular formula is C13H18FN. The van der Waals surface area contributed by atoms with Crippen LogP contribution in [0, 0.1) is 11.7 Å². The van der Waals surface area contributed by atoms with Gasteiger partial charge in [-0.25, -0.2) is 4.39 Å². The molecule has 0 radical (unpaired) electrons. The molecule has 1 aromatic carbocycles. The van der Waals surface area contributed by atoms with Crippen molar-refractivity contribution in [3.05, 3.63) is 35.6 Å². The van der Waals surface area contributed by atoms with Crippen LogP contribution in [0.3, 0.4) is 0 Å². The summed E-state index contributed by atoms with van der Waals surface area (Å²) in [6, 6.07) is 7.50. The van der Waals surface area contributed by atoms with Crippen LogP contribution in [-0.4, -0.2) is 18.0 Å². The molecule has 0 amide bonds. The van der Waals surface area contributed by atoms with E-state index in [0.29, 0.717) is 6.04 Å². The Balaban J connectivity index is 1.95. The highest BCUT2D eigenvalue weighted by Crippen LogP contribution is 2.35. The van der Waals surface area contributed by atoms with Crippen LogP contribution in [0.25, 0.3) is 0 Å². The number of hydrogen-bond donors (Lipinski definition) is 0. The van der Waals surface area contributed by atoms with Crippen molar-refractivity contribution >= 4 is 0 Å². The average molecular weight is 207 g/mol. The highest BCUT2D eigenvalue weighted by Gasteiger charge is 2.30. The molecule has 1 atom stereocenters. The first-order valence-corrected chi connectivity index (χ1v) is 5.61. The first-order chi connectivity index (χ1) is 7.16. The fraction of sp³-hybridized carbons (Fsp3) is 0.538. The summed E-state index contributed by atoms with van der Waals surface area (Å²) in [5.41, 5.74) is 1.06. The summed E-state index contributed by atoms with van der Waals surface area (Å²) in [5.74, 6) is 0.725. The smallest absolute Gasteiger partial charge is 0.123 e. The average Bonchev–Trinajstić information content (AvgIpc) is 2.99. The third-order valence-electron chi connectivity index (χ3n) is 3.32. The Kier molecular flexibility index (Phi) is 3.06. The van der Waals surface area contributed by atoms with Gasteiger partial charge < -0.3 is 0 Å². The number of rotatable bonds is 4. The maximum Gasteiger partial charge on any atom is 0.123 e. The van der Waals surface area contributed by atoms with E-state index in [2.05, 4.69) is 18.9 Å². The molecule has 2 heteroatoms. The van der Waals surface area contributed by atoms with Crippen molar-refractivity contribution in [3.63, 3.8) is 0 Å². The lowest BCUT2D eigenvalue weighted by atomic mass is 10.1. The number of nitrogens with zero attached hydrogens (tertiary/aromatic N) is 1. The highest BCUT2D eigenvalue weighted by atomic mass is 19.1. The minimum Gasteiger partial charge on any atom is -0.299 e. The number of halogens is 1. The largest absolute Gasteiger partial charge is 0.299 e. The van der Waals surface area contributed by atoms with Gasteiger partial charge in [0.1, 0.15) is 5.82 Å². The van der Waals surface area contributed by atoms with Crippen LogP contribution in [0.15, 0.2) is 24.3 Å². The van der Waals surface area contributed by atoms with Gasteiger partial charge in [0.2, 0.25) is 0 Å². The van der Waals surface area contributed by atoms with Crippen LogP contribution in [0.4, 0.5) is 4.39 Å². The molecule has 1 aliphatic carbocycles. The van der Waals surface area contributed by atoms with E-state index in [9.17, 15) is 4.39 Å². The third-order valence-corrected chi connectivity index (χ3v) is 3.32. The summed E-state index contributed by atoms with van der Waals surface area (Å²) in [4.78, 5) is 2.31. The standard InChI is InChI=1S/C13H18FN/c1-10(12-6-7-12)15(2)9-11-4-3-5-13(14)8-11/h3-5,8,10,12H,6-7,9H2,1-2H3. The van der Waals surface area contributed by atoms with Crippen LogP contribution in [0.2, 0.25) is 0 Å². The van der Waals surface area contributed by atoms with E-state index in [1.807, 2.05) is 6.07 Å². The molecule has 0 saturated heterocycles. The van der Waals surface area contributed by atoms with E-state index < -0.39 is 0 Å². The Morgan fingerprint density at radius 2 is 2.20 bits per heavy atom. The quantitative estimate of drug-likeness (QED) is 0.733. The normalized spacial score (nSPS) is 18.1. The van der Waals surface area contributed by atoms with Crippen molar-refractivity contribution in [2.45, 2.75) is 32.4 Å². The van der Waals surface area contributed by atoms with Crippen LogP contribution in [0.5, 0.6) is 0 Å². The Labute approximate surface area is 90.9 Å². The van der Waals surface area contributed by atoms with E-state index in [-0.39, 0.29) is 5.82 Å². The van der Waals surface area contributed by atoms with Crippen molar-refractivity contribution in [3.8, 4) is 0 Å². The molecule has 1 saturated carbocycles. The molecule has 0 aliphatic heterocycles. The van der Waals surface area contributed by atoms with E-state index in [4.69, 9.17) is 0 Å². The molecule has 1 unspecified atom stereocenters. The summed E-state index contributed by atoms with van der Waals surface area (Å²) in [6.07, 6.45) is 2.71. The summed E-state index contributed by atoms with van der Waals surface area (Å²) in [7, 11) is 2.12. The Bertz CT molecular complexity index is 333. The van der Waals surface area contributed by atoms with E-state index >= 15 is 0 Å². The van der Waals surface area contributed by atoms with Gasteiger partial charge in [-0.1, -0.05) is 12.1 Å². The van der Waals surface area contributed by atoms with Crippen molar-refractivity contribution in [2.75, 3.05) is 7.05 Å². The Hall–Kier alpha value is -0.890. The minimum absolute atomic E-state index is 0.139. The molecule has 1 aliphatic rings. The van der Waals surface area contributed by atoms with E-state index in [0.717, 1.165) is 18.0 Å². The monoisotopic (exact) mass is 207 g/mol. The molecule has 0 heterocycles.